The van der Waals surface area contributed by atoms with E-state index in [0.29, 0.717) is 5.02 Å². The van der Waals surface area contributed by atoms with E-state index in [4.69, 9.17) is 11.6 Å². The SMILES string of the molecule is Cn1nc2ccc(Cl)c(-c3ccccc3)c2n1. The zero-order chi connectivity index (χ0) is 11.8. The van der Waals surface area contributed by atoms with E-state index in [1.165, 1.54) is 0 Å². The van der Waals surface area contributed by atoms with Crippen molar-refractivity contribution in [3.05, 3.63) is 47.5 Å². The Labute approximate surface area is 104 Å². The number of aryl methyl sites for hydroxylation is 1. The fraction of sp³-hybridized carbons (Fsp3) is 0.0769. The van der Waals surface area contributed by atoms with E-state index in [1.54, 1.807) is 4.80 Å². The molecule has 0 atom stereocenters. The minimum Gasteiger partial charge on any atom is -0.187 e. The van der Waals surface area contributed by atoms with E-state index >= 15 is 0 Å². The van der Waals surface area contributed by atoms with Crippen LogP contribution in [0.1, 0.15) is 0 Å². The van der Waals surface area contributed by atoms with E-state index in [1.807, 2.05) is 49.5 Å². The maximum absolute atomic E-state index is 6.27. The average molecular weight is 244 g/mol. The van der Waals surface area contributed by atoms with Gasteiger partial charge < -0.3 is 0 Å². The van der Waals surface area contributed by atoms with Gasteiger partial charge in [-0.3, -0.25) is 0 Å². The molecule has 3 rings (SSSR count). The average Bonchev–Trinajstić information content (AvgIpc) is 2.70. The molecule has 1 aromatic heterocycles. The van der Waals surface area contributed by atoms with E-state index in [-0.39, 0.29) is 0 Å². The van der Waals surface area contributed by atoms with Crippen LogP contribution in [-0.2, 0) is 7.05 Å². The smallest absolute Gasteiger partial charge is 0.122 e. The summed E-state index contributed by atoms with van der Waals surface area (Å²) in [6.45, 7) is 0. The molecule has 0 bridgehead atoms. The standard InChI is InChI=1S/C13H10ClN3/c1-17-15-11-8-7-10(14)12(13(11)16-17)9-5-3-2-4-6-9/h2-8H,1H3. The van der Waals surface area contributed by atoms with Crippen molar-refractivity contribution in [3.8, 4) is 11.1 Å². The minimum absolute atomic E-state index is 0.698. The van der Waals surface area contributed by atoms with E-state index in [9.17, 15) is 0 Å². The maximum Gasteiger partial charge on any atom is 0.122 e. The summed E-state index contributed by atoms with van der Waals surface area (Å²) in [7, 11) is 1.81. The van der Waals surface area contributed by atoms with Crippen LogP contribution in [0.4, 0.5) is 0 Å². The Hall–Kier alpha value is -1.87. The van der Waals surface area contributed by atoms with Crippen molar-refractivity contribution < 1.29 is 0 Å². The van der Waals surface area contributed by atoms with Gasteiger partial charge >= 0.3 is 0 Å². The van der Waals surface area contributed by atoms with Crippen LogP contribution < -0.4 is 0 Å². The highest BCUT2D eigenvalue weighted by atomic mass is 35.5. The van der Waals surface area contributed by atoms with Gasteiger partial charge in [0.15, 0.2) is 0 Å². The molecule has 4 heteroatoms. The van der Waals surface area contributed by atoms with Gasteiger partial charge in [-0.25, -0.2) is 0 Å². The second-order valence-corrected chi connectivity index (χ2v) is 4.25. The van der Waals surface area contributed by atoms with Crippen LogP contribution in [0.15, 0.2) is 42.5 Å². The summed E-state index contributed by atoms with van der Waals surface area (Å²) >= 11 is 6.27. The van der Waals surface area contributed by atoms with Gasteiger partial charge in [0.25, 0.3) is 0 Å². The van der Waals surface area contributed by atoms with Crippen molar-refractivity contribution >= 4 is 22.6 Å². The third kappa shape index (κ3) is 1.68. The van der Waals surface area contributed by atoms with Gasteiger partial charge in [0.1, 0.15) is 11.0 Å². The molecule has 2 aromatic carbocycles. The topological polar surface area (TPSA) is 30.7 Å². The Morgan fingerprint density at radius 1 is 1.00 bits per heavy atom. The summed E-state index contributed by atoms with van der Waals surface area (Å²) in [5.74, 6) is 0. The molecule has 0 N–H and O–H groups in total. The van der Waals surface area contributed by atoms with Crippen molar-refractivity contribution in [2.75, 3.05) is 0 Å². The highest BCUT2D eigenvalue weighted by Gasteiger charge is 2.12. The zero-order valence-corrected chi connectivity index (χ0v) is 10.0. The number of hydrogen-bond donors (Lipinski definition) is 0. The molecule has 3 aromatic rings. The number of nitrogens with zero attached hydrogens (tertiary/aromatic N) is 3. The van der Waals surface area contributed by atoms with Crippen LogP contribution in [0.5, 0.6) is 0 Å². The Morgan fingerprint density at radius 2 is 1.76 bits per heavy atom. The van der Waals surface area contributed by atoms with Gasteiger partial charge in [0.2, 0.25) is 0 Å². The quantitative estimate of drug-likeness (QED) is 0.657. The summed E-state index contributed by atoms with van der Waals surface area (Å²) in [4.78, 5) is 1.56. The van der Waals surface area contributed by atoms with Gasteiger partial charge in [-0.1, -0.05) is 41.9 Å². The predicted molar refractivity (Wildman–Crippen MR) is 69.0 cm³/mol. The fourth-order valence-corrected chi connectivity index (χ4v) is 2.20. The van der Waals surface area contributed by atoms with Crippen LogP contribution in [0.2, 0.25) is 5.02 Å². The number of benzene rings is 2. The molecule has 0 saturated carbocycles. The first-order chi connectivity index (χ1) is 8.25. The molecule has 84 valence electrons. The lowest BCUT2D eigenvalue weighted by atomic mass is 10.0. The van der Waals surface area contributed by atoms with E-state index < -0.39 is 0 Å². The second-order valence-electron chi connectivity index (χ2n) is 3.85. The first-order valence-corrected chi connectivity index (χ1v) is 5.68. The van der Waals surface area contributed by atoms with Crippen molar-refractivity contribution in [2.24, 2.45) is 7.05 Å². The number of hydrogen-bond acceptors (Lipinski definition) is 2. The van der Waals surface area contributed by atoms with Gasteiger partial charge in [-0.15, -0.1) is 0 Å². The Kier molecular flexibility index (Phi) is 2.34. The molecule has 17 heavy (non-hydrogen) atoms. The molecule has 0 amide bonds. The molecule has 0 aliphatic rings. The summed E-state index contributed by atoms with van der Waals surface area (Å²) in [5.41, 5.74) is 3.70. The van der Waals surface area contributed by atoms with Crippen LogP contribution in [0.25, 0.3) is 22.2 Å². The molecule has 0 unspecified atom stereocenters. The Balaban J connectivity index is 2.38. The summed E-state index contributed by atoms with van der Waals surface area (Å²) in [6.07, 6.45) is 0. The molecular weight excluding hydrogens is 234 g/mol. The highest BCUT2D eigenvalue weighted by molar-refractivity contribution is 6.34. The number of halogens is 1. The lowest BCUT2D eigenvalue weighted by Gasteiger charge is -2.04. The first kappa shape index (κ1) is 10.3. The van der Waals surface area contributed by atoms with Crippen LogP contribution in [-0.4, -0.2) is 15.0 Å². The first-order valence-electron chi connectivity index (χ1n) is 5.30. The third-order valence-electron chi connectivity index (χ3n) is 2.67. The molecule has 3 nitrogen and oxygen atoms in total. The largest absolute Gasteiger partial charge is 0.187 e. The van der Waals surface area contributed by atoms with Crippen molar-refractivity contribution in [3.63, 3.8) is 0 Å². The monoisotopic (exact) mass is 243 g/mol. The summed E-state index contributed by atoms with van der Waals surface area (Å²) in [5, 5.41) is 9.36. The third-order valence-corrected chi connectivity index (χ3v) is 2.98. The zero-order valence-electron chi connectivity index (χ0n) is 9.26. The molecular formula is C13H10ClN3. The van der Waals surface area contributed by atoms with Crippen LogP contribution >= 0.6 is 11.6 Å². The van der Waals surface area contributed by atoms with Crippen molar-refractivity contribution in [2.45, 2.75) is 0 Å². The summed E-state index contributed by atoms with van der Waals surface area (Å²) in [6, 6.07) is 13.7. The van der Waals surface area contributed by atoms with E-state index in [0.717, 1.165) is 22.2 Å². The summed E-state index contributed by atoms with van der Waals surface area (Å²) < 4.78 is 0. The Morgan fingerprint density at radius 3 is 2.53 bits per heavy atom. The Bertz CT molecular complexity index is 674. The lowest BCUT2D eigenvalue weighted by molar-refractivity contribution is 0.665. The predicted octanol–water partition coefficient (Wildman–Crippen LogP) is 3.29. The van der Waals surface area contributed by atoms with Crippen LogP contribution in [0.3, 0.4) is 0 Å². The molecule has 0 fully saturated rings. The van der Waals surface area contributed by atoms with Gasteiger partial charge in [-0.05, 0) is 17.7 Å². The molecule has 0 saturated heterocycles. The lowest BCUT2D eigenvalue weighted by Crippen LogP contribution is -1.91. The van der Waals surface area contributed by atoms with Gasteiger partial charge in [0, 0.05) is 12.6 Å². The number of aromatic nitrogens is 3. The molecule has 0 radical (unpaired) electrons. The van der Waals surface area contributed by atoms with Gasteiger partial charge in [-0.2, -0.15) is 15.0 Å². The highest BCUT2D eigenvalue weighted by Crippen LogP contribution is 2.33. The van der Waals surface area contributed by atoms with Gasteiger partial charge in [0.05, 0.1) is 5.02 Å². The maximum atomic E-state index is 6.27. The molecule has 0 aliphatic carbocycles. The second kappa shape index (κ2) is 3.86. The van der Waals surface area contributed by atoms with Crippen molar-refractivity contribution in [1.82, 2.24) is 15.0 Å². The number of rotatable bonds is 1. The van der Waals surface area contributed by atoms with Crippen molar-refractivity contribution in [1.29, 1.82) is 0 Å². The number of fused-ring (bicyclic) bond motifs is 1. The molecule has 0 spiro atoms. The molecule has 1 heterocycles. The minimum atomic E-state index is 0.698. The normalized spacial score (nSPS) is 10.9. The van der Waals surface area contributed by atoms with Crippen LogP contribution in [0, 0.1) is 0 Å². The van der Waals surface area contributed by atoms with E-state index in [2.05, 4.69) is 10.2 Å². The molecule has 0 aliphatic heterocycles. The fourth-order valence-electron chi connectivity index (χ4n) is 1.94.